The summed E-state index contributed by atoms with van der Waals surface area (Å²) >= 11 is 0. The first kappa shape index (κ1) is 12.0. The van der Waals surface area contributed by atoms with Crippen LogP contribution in [0.5, 0.6) is 0 Å². The van der Waals surface area contributed by atoms with Gasteiger partial charge in [0.2, 0.25) is 5.91 Å². The average Bonchev–Trinajstić information content (AvgIpc) is 3.05. The number of nitrogens with two attached hydrogens (primary N) is 1. The minimum atomic E-state index is -0.359. The topological polar surface area (TPSA) is 85.8 Å². The molecular weight excluding hydrogens is 218 g/mol. The first-order chi connectivity index (χ1) is 8.07. The molecule has 0 spiro atoms. The van der Waals surface area contributed by atoms with Crippen molar-refractivity contribution >= 4 is 5.91 Å². The van der Waals surface area contributed by atoms with Crippen molar-refractivity contribution in [3.63, 3.8) is 0 Å². The standard InChI is InChI=1S/C11H19N5O/c1-8(16-7-13-6-14-16)10(17)15-11(2,5-12)9-3-4-9/h6-9H,3-5,12H2,1-2H3,(H,15,17). The fourth-order valence-electron chi connectivity index (χ4n) is 1.96. The van der Waals surface area contributed by atoms with Crippen LogP contribution in [0.15, 0.2) is 12.7 Å². The van der Waals surface area contributed by atoms with Gasteiger partial charge in [0.25, 0.3) is 0 Å². The first-order valence-electron chi connectivity index (χ1n) is 5.93. The van der Waals surface area contributed by atoms with Gasteiger partial charge < -0.3 is 11.1 Å². The summed E-state index contributed by atoms with van der Waals surface area (Å²) in [6.45, 7) is 4.28. The lowest BCUT2D eigenvalue weighted by molar-refractivity contribution is -0.126. The summed E-state index contributed by atoms with van der Waals surface area (Å²) in [6.07, 6.45) is 5.26. The first-order valence-corrected chi connectivity index (χ1v) is 5.93. The van der Waals surface area contributed by atoms with Crippen LogP contribution < -0.4 is 11.1 Å². The molecule has 17 heavy (non-hydrogen) atoms. The molecule has 0 bridgehead atoms. The highest BCUT2D eigenvalue weighted by molar-refractivity contribution is 5.80. The van der Waals surface area contributed by atoms with Crippen molar-refractivity contribution in [2.45, 2.75) is 38.3 Å². The number of hydrogen-bond donors (Lipinski definition) is 2. The van der Waals surface area contributed by atoms with E-state index in [0.29, 0.717) is 12.5 Å². The van der Waals surface area contributed by atoms with Crippen LogP contribution in [0.3, 0.4) is 0 Å². The van der Waals surface area contributed by atoms with Gasteiger partial charge in [-0.1, -0.05) is 0 Å². The van der Waals surface area contributed by atoms with Crippen molar-refractivity contribution in [2.75, 3.05) is 6.54 Å². The van der Waals surface area contributed by atoms with Crippen LogP contribution in [-0.4, -0.2) is 32.8 Å². The molecule has 0 saturated heterocycles. The van der Waals surface area contributed by atoms with Crippen molar-refractivity contribution in [3.8, 4) is 0 Å². The summed E-state index contributed by atoms with van der Waals surface area (Å²) in [5, 5.41) is 7.01. The van der Waals surface area contributed by atoms with Crippen LogP contribution in [0, 0.1) is 5.92 Å². The summed E-state index contributed by atoms with van der Waals surface area (Å²) in [5.41, 5.74) is 5.48. The van der Waals surface area contributed by atoms with E-state index in [0.717, 1.165) is 12.8 Å². The van der Waals surface area contributed by atoms with E-state index in [4.69, 9.17) is 5.73 Å². The number of aromatic nitrogens is 3. The monoisotopic (exact) mass is 237 g/mol. The minimum absolute atomic E-state index is 0.0599. The molecule has 1 aromatic heterocycles. The number of carbonyl (C=O) groups excluding carboxylic acids is 1. The number of carbonyl (C=O) groups is 1. The van der Waals surface area contributed by atoms with Gasteiger partial charge in [-0.05, 0) is 32.6 Å². The zero-order valence-electron chi connectivity index (χ0n) is 10.3. The van der Waals surface area contributed by atoms with E-state index in [1.165, 1.54) is 6.33 Å². The van der Waals surface area contributed by atoms with Crippen LogP contribution in [0.2, 0.25) is 0 Å². The van der Waals surface area contributed by atoms with Crippen LogP contribution in [0.25, 0.3) is 0 Å². The van der Waals surface area contributed by atoms with Crippen molar-refractivity contribution in [2.24, 2.45) is 11.7 Å². The van der Waals surface area contributed by atoms with Crippen molar-refractivity contribution in [1.82, 2.24) is 20.1 Å². The van der Waals surface area contributed by atoms with Gasteiger partial charge in [-0.25, -0.2) is 9.67 Å². The Kier molecular flexibility index (Phi) is 3.15. The maximum Gasteiger partial charge on any atom is 0.245 e. The molecule has 1 aliphatic carbocycles. The Morgan fingerprint density at radius 2 is 2.41 bits per heavy atom. The molecule has 1 amide bonds. The minimum Gasteiger partial charge on any atom is -0.348 e. The summed E-state index contributed by atoms with van der Waals surface area (Å²) in [4.78, 5) is 15.9. The van der Waals surface area contributed by atoms with Crippen LogP contribution >= 0.6 is 0 Å². The maximum atomic E-state index is 12.1. The quantitative estimate of drug-likeness (QED) is 0.759. The third kappa shape index (κ3) is 2.46. The van der Waals surface area contributed by atoms with Crippen molar-refractivity contribution in [3.05, 3.63) is 12.7 Å². The second-order valence-electron chi connectivity index (χ2n) is 4.94. The SMILES string of the molecule is CC(C(=O)NC(C)(CN)C1CC1)n1cncn1. The molecule has 1 aliphatic rings. The van der Waals surface area contributed by atoms with Gasteiger partial charge >= 0.3 is 0 Å². The molecule has 1 fully saturated rings. The Hall–Kier alpha value is -1.43. The van der Waals surface area contributed by atoms with E-state index in [-0.39, 0.29) is 17.5 Å². The second kappa shape index (κ2) is 4.44. The van der Waals surface area contributed by atoms with Gasteiger partial charge in [-0.3, -0.25) is 4.79 Å². The molecule has 3 N–H and O–H groups in total. The van der Waals surface area contributed by atoms with Gasteiger partial charge in [0.05, 0.1) is 5.54 Å². The fourth-order valence-corrected chi connectivity index (χ4v) is 1.96. The van der Waals surface area contributed by atoms with Gasteiger partial charge in [0.1, 0.15) is 18.7 Å². The van der Waals surface area contributed by atoms with E-state index in [1.54, 1.807) is 17.9 Å². The molecule has 1 heterocycles. The Morgan fingerprint density at radius 1 is 1.71 bits per heavy atom. The number of nitrogens with one attached hydrogen (secondary N) is 1. The molecule has 94 valence electrons. The Labute approximate surface area is 101 Å². The Morgan fingerprint density at radius 3 is 2.88 bits per heavy atom. The molecule has 6 heteroatoms. The molecule has 1 saturated carbocycles. The summed E-state index contributed by atoms with van der Waals surface area (Å²) in [6, 6.07) is -0.359. The maximum absolute atomic E-state index is 12.1. The molecule has 2 rings (SSSR count). The highest BCUT2D eigenvalue weighted by Crippen LogP contribution is 2.39. The zero-order valence-corrected chi connectivity index (χ0v) is 10.3. The number of rotatable bonds is 5. The lowest BCUT2D eigenvalue weighted by Crippen LogP contribution is -2.54. The van der Waals surface area contributed by atoms with E-state index in [2.05, 4.69) is 15.4 Å². The van der Waals surface area contributed by atoms with Crippen molar-refractivity contribution in [1.29, 1.82) is 0 Å². The van der Waals surface area contributed by atoms with Crippen LogP contribution in [0.4, 0.5) is 0 Å². The second-order valence-corrected chi connectivity index (χ2v) is 4.94. The zero-order chi connectivity index (χ0) is 12.5. The smallest absolute Gasteiger partial charge is 0.245 e. The number of amides is 1. The largest absolute Gasteiger partial charge is 0.348 e. The molecule has 0 aromatic carbocycles. The molecule has 2 atom stereocenters. The van der Waals surface area contributed by atoms with Gasteiger partial charge in [0, 0.05) is 6.54 Å². The highest BCUT2D eigenvalue weighted by Gasteiger charge is 2.42. The molecule has 2 unspecified atom stereocenters. The third-order valence-corrected chi connectivity index (χ3v) is 3.52. The van der Waals surface area contributed by atoms with E-state index >= 15 is 0 Å². The number of hydrogen-bond acceptors (Lipinski definition) is 4. The normalized spacial score (nSPS) is 20.6. The summed E-state index contributed by atoms with van der Waals surface area (Å²) in [5.74, 6) is 0.453. The van der Waals surface area contributed by atoms with E-state index in [1.807, 2.05) is 6.92 Å². The molecule has 0 aliphatic heterocycles. The van der Waals surface area contributed by atoms with Gasteiger partial charge in [-0.15, -0.1) is 0 Å². The van der Waals surface area contributed by atoms with Crippen LogP contribution in [-0.2, 0) is 4.79 Å². The predicted molar refractivity (Wildman–Crippen MR) is 63.1 cm³/mol. The van der Waals surface area contributed by atoms with Gasteiger partial charge in [-0.2, -0.15) is 5.10 Å². The lowest BCUT2D eigenvalue weighted by Gasteiger charge is -2.30. The summed E-state index contributed by atoms with van der Waals surface area (Å²) < 4.78 is 1.54. The van der Waals surface area contributed by atoms with Crippen molar-refractivity contribution < 1.29 is 4.79 Å². The van der Waals surface area contributed by atoms with E-state index < -0.39 is 0 Å². The predicted octanol–water partition coefficient (Wildman–Crippen LogP) is 0.0827. The lowest BCUT2D eigenvalue weighted by atomic mass is 9.95. The molecular formula is C11H19N5O. The number of nitrogens with zero attached hydrogens (tertiary/aromatic N) is 3. The third-order valence-electron chi connectivity index (χ3n) is 3.52. The Bertz CT molecular complexity index is 387. The van der Waals surface area contributed by atoms with Crippen LogP contribution in [0.1, 0.15) is 32.7 Å². The molecule has 0 radical (unpaired) electrons. The summed E-state index contributed by atoms with van der Waals surface area (Å²) in [7, 11) is 0. The van der Waals surface area contributed by atoms with E-state index in [9.17, 15) is 4.79 Å². The highest BCUT2D eigenvalue weighted by atomic mass is 16.2. The van der Waals surface area contributed by atoms with Gasteiger partial charge in [0.15, 0.2) is 0 Å². The Balaban J connectivity index is 2.00. The average molecular weight is 237 g/mol. The molecule has 6 nitrogen and oxygen atoms in total. The fraction of sp³-hybridized carbons (Fsp3) is 0.727. The molecule has 1 aromatic rings.